The molecule has 0 aromatic heterocycles. The number of rotatable bonds is 9. The van der Waals surface area contributed by atoms with Crippen molar-refractivity contribution in [3.05, 3.63) is 28.2 Å². The number of ether oxygens (including phenoxy) is 1. The Morgan fingerprint density at radius 2 is 2.10 bits per heavy atom. The minimum atomic E-state index is -0.917. The predicted molar refractivity (Wildman–Crippen MR) is 87.8 cm³/mol. The molecule has 118 valence electrons. The number of carboxylic acids is 1. The van der Waals surface area contributed by atoms with E-state index >= 15 is 0 Å². The molecule has 4 nitrogen and oxygen atoms in total. The van der Waals surface area contributed by atoms with Crippen molar-refractivity contribution >= 4 is 21.9 Å². The second-order valence-electron chi connectivity index (χ2n) is 5.09. The summed E-state index contributed by atoms with van der Waals surface area (Å²) in [5, 5.41) is 12.6. The minimum absolute atomic E-state index is 0.105. The van der Waals surface area contributed by atoms with E-state index in [1.165, 1.54) is 0 Å². The van der Waals surface area contributed by atoms with E-state index in [0.29, 0.717) is 12.2 Å². The van der Waals surface area contributed by atoms with E-state index in [1.807, 2.05) is 25.1 Å². The van der Waals surface area contributed by atoms with E-state index in [4.69, 9.17) is 4.74 Å². The van der Waals surface area contributed by atoms with Gasteiger partial charge in [0.2, 0.25) is 0 Å². The summed E-state index contributed by atoms with van der Waals surface area (Å²) >= 11 is 3.46. The maximum Gasteiger partial charge on any atom is 0.344 e. The van der Waals surface area contributed by atoms with Gasteiger partial charge in [-0.1, -0.05) is 36.2 Å². The number of aliphatic carboxylic acids is 1. The number of carbonyl (C=O) groups is 1. The molecule has 1 aromatic rings. The first kappa shape index (κ1) is 18.0. The van der Waals surface area contributed by atoms with E-state index in [9.17, 15) is 9.90 Å². The number of nitrogens with one attached hydrogen (secondary N) is 1. The summed E-state index contributed by atoms with van der Waals surface area (Å²) in [5.74, 6) is -0.282. The zero-order valence-electron chi connectivity index (χ0n) is 12.9. The van der Waals surface area contributed by atoms with Gasteiger partial charge in [0.1, 0.15) is 5.75 Å². The molecular weight excluding hydrogens is 334 g/mol. The molecule has 1 rings (SSSR count). The Morgan fingerprint density at radius 1 is 1.38 bits per heavy atom. The van der Waals surface area contributed by atoms with Crippen LogP contribution in [-0.4, -0.2) is 23.7 Å². The van der Waals surface area contributed by atoms with Crippen LogP contribution in [-0.2, 0) is 4.79 Å². The van der Waals surface area contributed by atoms with E-state index in [1.54, 1.807) is 0 Å². The van der Waals surface area contributed by atoms with Gasteiger partial charge in [0.25, 0.3) is 0 Å². The molecule has 5 heteroatoms. The normalized spacial score (nSPS) is 13.7. The fourth-order valence-electron chi connectivity index (χ4n) is 2.08. The Hall–Kier alpha value is -1.07. The summed E-state index contributed by atoms with van der Waals surface area (Å²) in [6, 6.07) is 5.78. The molecule has 0 amide bonds. The van der Waals surface area contributed by atoms with E-state index in [2.05, 4.69) is 35.1 Å². The Morgan fingerprint density at radius 3 is 2.67 bits per heavy atom. The lowest BCUT2D eigenvalue weighted by molar-refractivity contribution is -0.145. The first-order valence-electron chi connectivity index (χ1n) is 7.41. The van der Waals surface area contributed by atoms with Crippen LogP contribution in [0.2, 0.25) is 0 Å². The summed E-state index contributed by atoms with van der Waals surface area (Å²) in [5.41, 5.74) is 0.972. The first-order chi connectivity index (χ1) is 9.99. The number of hydrogen-bond acceptors (Lipinski definition) is 3. The lowest BCUT2D eigenvalue weighted by Crippen LogP contribution is -2.28. The Labute approximate surface area is 135 Å². The lowest BCUT2D eigenvalue weighted by Gasteiger charge is -2.21. The maximum absolute atomic E-state index is 11.3. The van der Waals surface area contributed by atoms with Crippen LogP contribution in [0.1, 0.15) is 51.6 Å². The minimum Gasteiger partial charge on any atom is -0.479 e. The van der Waals surface area contributed by atoms with Gasteiger partial charge in [-0.15, -0.1) is 0 Å². The van der Waals surface area contributed by atoms with Crippen molar-refractivity contribution in [3.63, 3.8) is 0 Å². The van der Waals surface area contributed by atoms with Gasteiger partial charge in [-0.3, -0.25) is 0 Å². The molecule has 0 spiro atoms. The number of benzene rings is 1. The summed E-state index contributed by atoms with van der Waals surface area (Å²) in [6.07, 6.45) is 1.52. The van der Waals surface area contributed by atoms with Gasteiger partial charge in [0.05, 0.1) is 0 Å². The number of hydrogen-bond donors (Lipinski definition) is 2. The van der Waals surface area contributed by atoms with Crippen molar-refractivity contribution in [1.82, 2.24) is 5.32 Å². The molecule has 0 radical (unpaired) electrons. The van der Waals surface area contributed by atoms with Crippen LogP contribution < -0.4 is 10.1 Å². The number of halogens is 1. The monoisotopic (exact) mass is 357 g/mol. The van der Waals surface area contributed by atoms with Gasteiger partial charge in [0.15, 0.2) is 6.10 Å². The molecule has 2 N–H and O–H groups in total. The number of carboxylic acid groups (broad SMARTS) is 1. The van der Waals surface area contributed by atoms with Crippen molar-refractivity contribution in [2.24, 2.45) is 0 Å². The van der Waals surface area contributed by atoms with Gasteiger partial charge in [-0.25, -0.2) is 4.79 Å². The Balaban J connectivity index is 2.97. The van der Waals surface area contributed by atoms with Gasteiger partial charge in [0, 0.05) is 16.1 Å². The van der Waals surface area contributed by atoms with Crippen molar-refractivity contribution < 1.29 is 14.6 Å². The molecule has 0 aliphatic heterocycles. The molecule has 0 aliphatic rings. The van der Waals surface area contributed by atoms with E-state index < -0.39 is 12.1 Å². The predicted octanol–water partition coefficient (Wildman–Crippen LogP) is 4.14. The molecule has 2 atom stereocenters. The van der Waals surface area contributed by atoms with Gasteiger partial charge >= 0.3 is 5.97 Å². The largest absolute Gasteiger partial charge is 0.479 e. The van der Waals surface area contributed by atoms with Crippen molar-refractivity contribution in [1.29, 1.82) is 0 Å². The molecule has 0 heterocycles. The van der Waals surface area contributed by atoms with Crippen molar-refractivity contribution in [3.8, 4) is 5.75 Å². The van der Waals surface area contributed by atoms with E-state index in [0.717, 1.165) is 29.4 Å². The SMILES string of the molecule is CCCNC(C)c1cc(Br)ccc1OC(CCC)C(=O)O. The molecule has 0 aliphatic carbocycles. The average molecular weight is 358 g/mol. The standard InChI is InChI=1S/C16H24BrNO3/c1-4-6-15(16(19)20)21-14-8-7-12(17)10-13(14)11(3)18-9-5-2/h7-8,10-11,15,18H,4-6,9H2,1-3H3,(H,19,20). The summed E-state index contributed by atoms with van der Waals surface area (Å²) in [4.78, 5) is 11.3. The summed E-state index contributed by atoms with van der Waals surface area (Å²) in [6.45, 7) is 7.03. The van der Waals surface area contributed by atoms with Crippen molar-refractivity contribution in [2.75, 3.05) is 6.54 Å². The highest BCUT2D eigenvalue weighted by Crippen LogP contribution is 2.30. The first-order valence-corrected chi connectivity index (χ1v) is 8.21. The summed E-state index contributed by atoms with van der Waals surface area (Å²) < 4.78 is 6.70. The molecule has 0 bridgehead atoms. The Bertz CT molecular complexity index is 465. The fraction of sp³-hybridized carbons (Fsp3) is 0.562. The summed E-state index contributed by atoms with van der Waals surface area (Å²) in [7, 11) is 0. The quantitative estimate of drug-likeness (QED) is 0.697. The highest BCUT2D eigenvalue weighted by Gasteiger charge is 2.21. The Kier molecular flexibility index (Phi) is 7.75. The van der Waals surface area contributed by atoms with Crippen LogP contribution in [0.15, 0.2) is 22.7 Å². The van der Waals surface area contributed by atoms with Crippen molar-refractivity contribution in [2.45, 2.75) is 52.2 Å². The fourth-order valence-corrected chi connectivity index (χ4v) is 2.46. The van der Waals surface area contributed by atoms with Crippen LogP contribution >= 0.6 is 15.9 Å². The van der Waals surface area contributed by atoms with Gasteiger partial charge in [-0.2, -0.15) is 0 Å². The zero-order chi connectivity index (χ0) is 15.8. The van der Waals surface area contributed by atoms with Crippen LogP contribution in [0.4, 0.5) is 0 Å². The van der Waals surface area contributed by atoms with Gasteiger partial charge in [-0.05, 0) is 44.5 Å². The highest BCUT2D eigenvalue weighted by atomic mass is 79.9. The molecule has 0 saturated carbocycles. The molecule has 1 aromatic carbocycles. The van der Waals surface area contributed by atoms with Crippen LogP contribution in [0.25, 0.3) is 0 Å². The van der Waals surface area contributed by atoms with Crippen LogP contribution in [0.5, 0.6) is 5.75 Å². The second kappa shape index (κ2) is 9.05. The third-order valence-electron chi connectivity index (χ3n) is 3.23. The zero-order valence-corrected chi connectivity index (χ0v) is 14.4. The topological polar surface area (TPSA) is 58.6 Å². The molecular formula is C16H24BrNO3. The molecule has 2 unspecified atom stereocenters. The lowest BCUT2D eigenvalue weighted by atomic mass is 10.1. The van der Waals surface area contributed by atoms with E-state index in [-0.39, 0.29) is 6.04 Å². The molecule has 21 heavy (non-hydrogen) atoms. The van der Waals surface area contributed by atoms with Crippen LogP contribution in [0.3, 0.4) is 0 Å². The molecule has 0 saturated heterocycles. The maximum atomic E-state index is 11.3. The molecule has 0 fully saturated rings. The third kappa shape index (κ3) is 5.67. The van der Waals surface area contributed by atoms with Crippen LogP contribution in [0, 0.1) is 0 Å². The third-order valence-corrected chi connectivity index (χ3v) is 3.73. The second-order valence-corrected chi connectivity index (χ2v) is 6.01. The average Bonchev–Trinajstić information content (AvgIpc) is 2.45. The smallest absolute Gasteiger partial charge is 0.344 e. The highest BCUT2D eigenvalue weighted by molar-refractivity contribution is 9.10. The van der Waals surface area contributed by atoms with Gasteiger partial charge < -0.3 is 15.2 Å².